The zero-order chi connectivity index (χ0) is 15.4. The highest BCUT2D eigenvalue weighted by molar-refractivity contribution is 5.91. The second kappa shape index (κ2) is 6.53. The molecule has 1 fully saturated rings. The summed E-state index contributed by atoms with van der Waals surface area (Å²) in [5.74, 6) is -0.517. The van der Waals surface area contributed by atoms with Crippen molar-refractivity contribution in [1.82, 2.24) is 0 Å². The molecular weight excluding hydrogens is 276 g/mol. The normalized spacial score (nSPS) is 17.5. The van der Waals surface area contributed by atoms with E-state index in [4.69, 9.17) is 4.74 Å². The number of nitrogens with zero attached hydrogens (tertiary/aromatic N) is 2. The first-order chi connectivity index (χ1) is 10.0. The van der Waals surface area contributed by atoms with Crippen molar-refractivity contribution in [1.29, 1.82) is 0 Å². The number of anilines is 1. The van der Waals surface area contributed by atoms with Crippen LogP contribution in [0, 0.1) is 10.1 Å². The molecule has 0 amide bonds. The Hall–Kier alpha value is -2.15. The zero-order valence-corrected chi connectivity index (χ0v) is 12.1. The summed E-state index contributed by atoms with van der Waals surface area (Å²) in [6, 6.07) is 4.21. The fourth-order valence-corrected chi connectivity index (χ4v) is 2.42. The van der Waals surface area contributed by atoms with Gasteiger partial charge in [0.1, 0.15) is 5.69 Å². The fraction of sp³-hybridized carbons (Fsp3) is 0.500. The van der Waals surface area contributed by atoms with E-state index in [1.54, 1.807) is 11.9 Å². The van der Waals surface area contributed by atoms with Crippen molar-refractivity contribution >= 4 is 17.3 Å². The molecule has 1 saturated heterocycles. The zero-order valence-electron chi connectivity index (χ0n) is 12.1. The summed E-state index contributed by atoms with van der Waals surface area (Å²) in [5, 5.41) is 11.1. The van der Waals surface area contributed by atoms with Gasteiger partial charge in [-0.2, -0.15) is 0 Å². The molecule has 1 heterocycles. The first kappa shape index (κ1) is 15.2. The molecule has 1 aliphatic rings. The van der Waals surface area contributed by atoms with Crippen LogP contribution in [0.25, 0.3) is 0 Å². The van der Waals surface area contributed by atoms with Crippen LogP contribution in [-0.2, 0) is 9.47 Å². The molecule has 21 heavy (non-hydrogen) atoms. The molecule has 0 saturated carbocycles. The minimum Gasteiger partial charge on any atom is -0.465 e. The molecule has 0 aliphatic carbocycles. The summed E-state index contributed by atoms with van der Waals surface area (Å²) in [4.78, 5) is 24.0. The average Bonchev–Trinajstić information content (AvgIpc) is 2.98. The van der Waals surface area contributed by atoms with Gasteiger partial charge in [-0.15, -0.1) is 0 Å². The molecule has 0 aromatic heterocycles. The van der Waals surface area contributed by atoms with E-state index < -0.39 is 10.9 Å². The van der Waals surface area contributed by atoms with Crippen LogP contribution in [0.2, 0.25) is 0 Å². The lowest BCUT2D eigenvalue weighted by Crippen LogP contribution is -2.29. The van der Waals surface area contributed by atoms with Crippen LogP contribution < -0.4 is 4.90 Å². The van der Waals surface area contributed by atoms with Crippen molar-refractivity contribution in [3.63, 3.8) is 0 Å². The van der Waals surface area contributed by atoms with Crippen LogP contribution >= 0.6 is 0 Å². The van der Waals surface area contributed by atoms with E-state index in [0.29, 0.717) is 12.2 Å². The molecule has 114 valence electrons. The number of benzene rings is 1. The highest BCUT2D eigenvalue weighted by atomic mass is 16.6. The van der Waals surface area contributed by atoms with Crippen LogP contribution in [0.3, 0.4) is 0 Å². The molecule has 0 radical (unpaired) electrons. The van der Waals surface area contributed by atoms with Gasteiger partial charge in [-0.1, -0.05) is 0 Å². The van der Waals surface area contributed by atoms with Gasteiger partial charge in [-0.25, -0.2) is 4.79 Å². The Morgan fingerprint density at radius 3 is 2.90 bits per heavy atom. The van der Waals surface area contributed by atoms with Gasteiger partial charge in [-0.05, 0) is 25.0 Å². The van der Waals surface area contributed by atoms with Crippen LogP contribution in [0.1, 0.15) is 23.2 Å². The number of hydrogen-bond acceptors (Lipinski definition) is 6. The summed E-state index contributed by atoms with van der Waals surface area (Å²) in [6.45, 7) is 1.27. The van der Waals surface area contributed by atoms with E-state index in [9.17, 15) is 14.9 Å². The summed E-state index contributed by atoms with van der Waals surface area (Å²) < 4.78 is 10.2. The first-order valence-electron chi connectivity index (χ1n) is 6.72. The standard InChI is InChI=1S/C14H18N2O5/c1-15(9-11-4-3-7-21-11)13-8-10(14(17)20-2)5-6-12(13)16(18)19/h5-6,8,11H,3-4,7,9H2,1-2H3. The van der Waals surface area contributed by atoms with Gasteiger partial charge in [0.25, 0.3) is 5.69 Å². The SMILES string of the molecule is COC(=O)c1ccc([N+](=O)[O-])c(N(C)CC2CCCO2)c1. The average molecular weight is 294 g/mol. The van der Waals surface area contributed by atoms with Crippen LogP contribution in [0.15, 0.2) is 18.2 Å². The van der Waals surface area contributed by atoms with Crippen molar-refractivity contribution in [3.8, 4) is 0 Å². The van der Waals surface area contributed by atoms with E-state index in [1.807, 2.05) is 0 Å². The first-order valence-corrected chi connectivity index (χ1v) is 6.72. The maximum absolute atomic E-state index is 11.6. The van der Waals surface area contributed by atoms with Crippen LogP contribution in [0.4, 0.5) is 11.4 Å². The Kier molecular flexibility index (Phi) is 4.74. The third-order valence-corrected chi connectivity index (χ3v) is 3.51. The van der Waals surface area contributed by atoms with Crippen LogP contribution in [-0.4, -0.2) is 44.3 Å². The molecule has 7 nitrogen and oxygen atoms in total. The summed E-state index contributed by atoms with van der Waals surface area (Å²) in [6.07, 6.45) is 2.01. The van der Waals surface area contributed by atoms with E-state index in [1.165, 1.54) is 25.3 Å². The number of nitro groups is 1. The lowest BCUT2D eigenvalue weighted by Gasteiger charge is -2.22. The van der Waals surface area contributed by atoms with Gasteiger partial charge >= 0.3 is 5.97 Å². The number of carbonyl (C=O) groups is 1. The molecule has 1 aliphatic heterocycles. The van der Waals surface area contributed by atoms with Crippen LogP contribution in [0.5, 0.6) is 0 Å². The molecule has 2 rings (SSSR count). The predicted octanol–water partition coefficient (Wildman–Crippen LogP) is 2.00. The number of rotatable bonds is 5. The monoisotopic (exact) mass is 294 g/mol. The highest BCUT2D eigenvalue weighted by Crippen LogP contribution is 2.29. The number of ether oxygens (including phenoxy) is 2. The van der Waals surface area contributed by atoms with E-state index in [0.717, 1.165) is 19.4 Å². The van der Waals surface area contributed by atoms with Gasteiger partial charge < -0.3 is 14.4 Å². The topological polar surface area (TPSA) is 81.9 Å². The Bertz CT molecular complexity index is 540. The number of esters is 1. The summed E-state index contributed by atoms with van der Waals surface area (Å²) in [5.41, 5.74) is 0.638. The number of nitro benzene ring substituents is 1. The largest absolute Gasteiger partial charge is 0.465 e. The highest BCUT2D eigenvalue weighted by Gasteiger charge is 2.23. The number of hydrogen-bond donors (Lipinski definition) is 0. The molecule has 7 heteroatoms. The number of carbonyl (C=O) groups excluding carboxylic acids is 1. The third kappa shape index (κ3) is 3.49. The predicted molar refractivity (Wildman–Crippen MR) is 76.7 cm³/mol. The Morgan fingerprint density at radius 1 is 1.57 bits per heavy atom. The van der Waals surface area contributed by atoms with Crippen molar-refractivity contribution in [2.75, 3.05) is 32.2 Å². The lowest BCUT2D eigenvalue weighted by molar-refractivity contribution is -0.384. The maximum Gasteiger partial charge on any atom is 0.337 e. The summed E-state index contributed by atoms with van der Waals surface area (Å²) >= 11 is 0. The fourth-order valence-electron chi connectivity index (χ4n) is 2.42. The number of likely N-dealkylation sites (N-methyl/N-ethyl adjacent to an activating group) is 1. The van der Waals surface area contributed by atoms with Crippen molar-refractivity contribution in [3.05, 3.63) is 33.9 Å². The van der Waals surface area contributed by atoms with Gasteiger partial charge in [-0.3, -0.25) is 10.1 Å². The molecule has 1 unspecified atom stereocenters. The second-order valence-corrected chi connectivity index (χ2v) is 4.97. The summed E-state index contributed by atoms with van der Waals surface area (Å²) in [7, 11) is 3.03. The van der Waals surface area contributed by atoms with Crippen molar-refractivity contribution < 1.29 is 19.2 Å². The van der Waals surface area contributed by atoms with E-state index in [2.05, 4.69) is 4.74 Å². The molecule has 0 N–H and O–H groups in total. The number of methoxy groups -OCH3 is 1. The van der Waals surface area contributed by atoms with Gasteiger partial charge in [0.05, 0.1) is 23.7 Å². The second-order valence-electron chi connectivity index (χ2n) is 4.97. The molecule has 1 aromatic rings. The Balaban J connectivity index is 2.28. The third-order valence-electron chi connectivity index (χ3n) is 3.51. The molecule has 1 aromatic carbocycles. The van der Waals surface area contributed by atoms with Crippen molar-refractivity contribution in [2.45, 2.75) is 18.9 Å². The Labute approximate surface area is 122 Å². The minimum atomic E-state index is -0.517. The molecule has 0 spiro atoms. The van der Waals surface area contributed by atoms with Gasteiger partial charge in [0, 0.05) is 26.3 Å². The maximum atomic E-state index is 11.6. The minimum absolute atomic E-state index is 0.0387. The van der Waals surface area contributed by atoms with Crippen molar-refractivity contribution in [2.24, 2.45) is 0 Å². The lowest BCUT2D eigenvalue weighted by atomic mass is 10.1. The quantitative estimate of drug-likeness (QED) is 0.469. The molecular formula is C14H18N2O5. The molecule has 0 bridgehead atoms. The van der Waals surface area contributed by atoms with E-state index >= 15 is 0 Å². The Morgan fingerprint density at radius 2 is 2.33 bits per heavy atom. The smallest absolute Gasteiger partial charge is 0.337 e. The van der Waals surface area contributed by atoms with Gasteiger partial charge in [0.15, 0.2) is 0 Å². The van der Waals surface area contributed by atoms with E-state index in [-0.39, 0.29) is 17.4 Å². The van der Waals surface area contributed by atoms with Gasteiger partial charge in [0.2, 0.25) is 0 Å². The molecule has 1 atom stereocenters.